The first-order valence-corrected chi connectivity index (χ1v) is 8.10. The van der Waals surface area contributed by atoms with Crippen LogP contribution in [0.3, 0.4) is 0 Å². The summed E-state index contributed by atoms with van der Waals surface area (Å²) in [7, 11) is 0. The minimum Gasteiger partial charge on any atom is -0.444 e. The lowest BCUT2D eigenvalue weighted by Gasteiger charge is -2.29. The molecule has 0 bridgehead atoms. The molecule has 1 saturated heterocycles. The second kappa shape index (κ2) is 6.87. The number of amides is 1. The van der Waals surface area contributed by atoms with E-state index in [0.717, 1.165) is 12.8 Å². The molecule has 0 saturated carbocycles. The third-order valence-corrected chi connectivity index (χ3v) is 4.10. The Kier molecular flexibility index (Phi) is 5.30. The first-order chi connectivity index (χ1) is 10.7. The Hall–Kier alpha value is -1.62. The van der Waals surface area contributed by atoms with Crippen LogP contribution in [0.15, 0.2) is 24.3 Å². The molecule has 1 aliphatic rings. The third kappa shape index (κ3) is 4.67. The predicted octanol–water partition coefficient (Wildman–Crippen LogP) is 4.13. The second-order valence-electron chi connectivity index (χ2n) is 7.07. The lowest BCUT2D eigenvalue weighted by Crippen LogP contribution is -2.40. The summed E-state index contributed by atoms with van der Waals surface area (Å²) in [6, 6.07) is 6.61. The van der Waals surface area contributed by atoms with Gasteiger partial charge in [-0.3, -0.25) is 0 Å². The van der Waals surface area contributed by atoms with Crippen LogP contribution in [0.2, 0.25) is 0 Å². The molecule has 0 aromatic heterocycles. The number of hydrogen-bond acceptors (Lipinski definition) is 3. The predicted molar refractivity (Wildman–Crippen MR) is 86.6 cm³/mol. The van der Waals surface area contributed by atoms with Crippen molar-refractivity contribution in [1.29, 1.82) is 0 Å². The minimum atomic E-state index is -0.511. The van der Waals surface area contributed by atoms with Crippen molar-refractivity contribution < 1.29 is 18.7 Å². The molecule has 1 aromatic rings. The molecule has 1 aliphatic heterocycles. The Morgan fingerprint density at radius 2 is 2.04 bits per heavy atom. The van der Waals surface area contributed by atoms with Gasteiger partial charge < -0.3 is 14.4 Å². The normalized spacial score (nSPS) is 21.5. The standard InChI is InChI=1S/C18H26FNO3/c1-5-18(22-12-14-8-6-7-9-15(14)19)10-11-20(13-18)16(21)23-17(2,3)4/h6-9H,5,10-13H2,1-4H3. The number of hydrogen-bond donors (Lipinski definition) is 0. The van der Waals surface area contributed by atoms with E-state index in [0.29, 0.717) is 18.7 Å². The maximum atomic E-state index is 13.7. The Bertz CT molecular complexity index is 555. The summed E-state index contributed by atoms with van der Waals surface area (Å²) in [6.45, 7) is 8.86. The van der Waals surface area contributed by atoms with Crippen LogP contribution in [0.4, 0.5) is 9.18 Å². The molecular formula is C18H26FNO3. The van der Waals surface area contributed by atoms with E-state index in [1.807, 2.05) is 27.7 Å². The average Bonchev–Trinajstić information content (AvgIpc) is 2.90. The quantitative estimate of drug-likeness (QED) is 0.836. The fraction of sp³-hybridized carbons (Fsp3) is 0.611. The van der Waals surface area contributed by atoms with Crippen molar-refractivity contribution in [3.05, 3.63) is 35.6 Å². The highest BCUT2D eigenvalue weighted by Crippen LogP contribution is 2.31. The molecule has 1 unspecified atom stereocenters. The van der Waals surface area contributed by atoms with E-state index in [-0.39, 0.29) is 18.5 Å². The van der Waals surface area contributed by atoms with Crippen molar-refractivity contribution in [3.63, 3.8) is 0 Å². The highest BCUT2D eigenvalue weighted by molar-refractivity contribution is 5.68. The molecular weight excluding hydrogens is 297 g/mol. The smallest absolute Gasteiger partial charge is 0.410 e. The SMILES string of the molecule is CCC1(OCc2ccccc2F)CCN(C(=O)OC(C)(C)C)C1. The van der Waals surface area contributed by atoms with E-state index in [1.165, 1.54) is 6.07 Å². The molecule has 2 rings (SSSR count). The van der Waals surface area contributed by atoms with E-state index in [1.54, 1.807) is 23.1 Å². The van der Waals surface area contributed by atoms with Crippen LogP contribution < -0.4 is 0 Å². The molecule has 1 aromatic carbocycles. The van der Waals surface area contributed by atoms with Gasteiger partial charge in [-0.1, -0.05) is 25.1 Å². The number of likely N-dealkylation sites (tertiary alicyclic amines) is 1. The average molecular weight is 323 g/mol. The number of ether oxygens (including phenoxy) is 2. The topological polar surface area (TPSA) is 38.8 Å². The maximum absolute atomic E-state index is 13.7. The van der Waals surface area contributed by atoms with Gasteiger partial charge in [-0.25, -0.2) is 9.18 Å². The van der Waals surface area contributed by atoms with Crippen LogP contribution in [0.25, 0.3) is 0 Å². The Labute approximate surface area is 137 Å². The molecule has 128 valence electrons. The summed E-state index contributed by atoms with van der Waals surface area (Å²) >= 11 is 0. The molecule has 4 nitrogen and oxygen atoms in total. The Morgan fingerprint density at radius 1 is 1.35 bits per heavy atom. The number of halogens is 1. The van der Waals surface area contributed by atoms with E-state index in [2.05, 4.69) is 0 Å². The van der Waals surface area contributed by atoms with Crippen molar-refractivity contribution >= 4 is 6.09 Å². The van der Waals surface area contributed by atoms with Crippen molar-refractivity contribution in [2.24, 2.45) is 0 Å². The van der Waals surface area contributed by atoms with Gasteiger partial charge in [0.1, 0.15) is 11.4 Å². The van der Waals surface area contributed by atoms with Gasteiger partial charge in [0.25, 0.3) is 0 Å². The molecule has 23 heavy (non-hydrogen) atoms. The van der Waals surface area contributed by atoms with Crippen LogP contribution in [0.5, 0.6) is 0 Å². The van der Waals surface area contributed by atoms with Gasteiger partial charge >= 0.3 is 6.09 Å². The monoisotopic (exact) mass is 323 g/mol. The lowest BCUT2D eigenvalue weighted by molar-refractivity contribution is -0.0536. The number of carbonyl (C=O) groups excluding carboxylic acids is 1. The molecule has 0 N–H and O–H groups in total. The molecule has 0 radical (unpaired) electrons. The number of nitrogens with zero attached hydrogens (tertiary/aromatic N) is 1. The molecule has 0 spiro atoms. The summed E-state index contributed by atoms with van der Waals surface area (Å²) in [4.78, 5) is 13.9. The van der Waals surface area contributed by atoms with Crippen LogP contribution in [0, 0.1) is 5.82 Å². The summed E-state index contributed by atoms with van der Waals surface area (Å²) < 4.78 is 25.2. The van der Waals surface area contributed by atoms with Gasteiger partial charge in [0.15, 0.2) is 0 Å². The Balaban J connectivity index is 1.97. The van der Waals surface area contributed by atoms with E-state index in [9.17, 15) is 9.18 Å². The van der Waals surface area contributed by atoms with Crippen LogP contribution in [-0.4, -0.2) is 35.3 Å². The van der Waals surface area contributed by atoms with Crippen molar-refractivity contribution in [2.45, 2.75) is 58.3 Å². The molecule has 1 heterocycles. The first kappa shape index (κ1) is 17.7. The maximum Gasteiger partial charge on any atom is 0.410 e. The van der Waals surface area contributed by atoms with Crippen molar-refractivity contribution in [3.8, 4) is 0 Å². The van der Waals surface area contributed by atoms with Gasteiger partial charge in [-0.2, -0.15) is 0 Å². The van der Waals surface area contributed by atoms with Crippen LogP contribution in [-0.2, 0) is 16.1 Å². The number of benzene rings is 1. The zero-order valence-electron chi connectivity index (χ0n) is 14.4. The third-order valence-electron chi connectivity index (χ3n) is 4.10. The van der Waals surface area contributed by atoms with E-state index >= 15 is 0 Å². The van der Waals surface area contributed by atoms with E-state index < -0.39 is 11.2 Å². The number of rotatable bonds is 4. The second-order valence-corrected chi connectivity index (χ2v) is 7.07. The molecule has 5 heteroatoms. The minimum absolute atomic E-state index is 0.211. The number of carbonyl (C=O) groups is 1. The van der Waals surface area contributed by atoms with Crippen molar-refractivity contribution in [2.75, 3.05) is 13.1 Å². The zero-order chi connectivity index (χ0) is 17.1. The van der Waals surface area contributed by atoms with Crippen molar-refractivity contribution in [1.82, 2.24) is 4.90 Å². The lowest BCUT2D eigenvalue weighted by atomic mass is 9.99. The van der Waals surface area contributed by atoms with Crippen LogP contribution in [0.1, 0.15) is 46.1 Å². The summed E-state index contributed by atoms with van der Waals surface area (Å²) in [5.74, 6) is -0.263. The largest absolute Gasteiger partial charge is 0.444 e. The fourth-order valence-corrected chi connectivity index (χ4v) is 2.68. The Morgan fingerprint density at radius 3 is 2.65 bits per heavy atom. The first-order valence-electron chi connectivity index (χ1n) is 8.10. The molecule has 1 atom stereocenters. The molecule has 0 aliphatic carbocycles. The van der Waals surface area contributed by atoms with Gasteiger partial charge in [0.05, 0.1) is 18.8 Å². The van der Waals surface area contributed by atoms with E-state index in [4.69, 9.17) is 9.47 Å². The van der Waals surface area contributed by atoms with Crippen LogP contribution >= 0.6 is 0 Å². The highest BCUT2D eigenvalue weighted by atomic mass is 19.1. The van der Waals surface area contributed by atoms with Gasteiger partial charge in [0, 0.05) is 12.1 Å². The summed E-state index contributed by atoms with van der Waals surface area (Å²) in [6.07, 6.45) is 1.18. The molecule has 1 amide bonds. The van der Waals surface area contributed by atoms with Gasteiger partial charge in [0.2, 0.25) is 0 Å². The fourth-order valence-electron chi connectivity index (χ4n) is 2.68. The van der Waals surface area contributed by atoms with Gasteiger partial charge in [-0.05, 0) is 39.7 Å². The van der Waals surface area contributed by atoms with Gasteiger partial charge in [-0.15, -0.1) is 0 Å². The summed E-state index contributed by atoms with van der Waals surface area (Å²) in [5.41, 5.74) is -0.405. The molecule has 1 fully saturated rings. The zero-order valence-corrected chi connectivity index (χ0v) is 14.4. The highest BCUT2D eigenvalue weighted by Gasteiger charge is 2.41. The summed E-state index contributed by atoms with van der Waals surface area (Å²) in [5, 5.41) is 0.